The van der Waals surface area contributed by atoms with Crippen LogP contribution < -0.4 is 14.8 Å². The lowest BCUT2D eigenvalue weighted by atomic mass is 9.78. The van der Waals surface area contributed by atoms with Crippen molar-refractivity contribution in [2.75, 3.05) is 19.2 Å². The van der Waals surface area contributed by atoms with E-state index in [1.54, 1.807) is 42.3 Å². The van der Waals surface area contributed by atoms with Gasteiger partial charge in [-0.3, -0.25) is 9.59 Å². The van der Waals surface area contributed by atoms with E-state index in [-0.39, 0.29) is 24.2 Å². The number of likely N-dealkylation sites (N-methyl/N-ethyl adjacent to an activating group) is 1. The Morgan fingerprint density at radius 2 is 1.97 bits per heavy atom. The quantitative estimate of drug-likeness (QED) is 0.770. The highest BCUT2D eigenvalue weighted by atomic mass is 16.7. The van der Waals surface area contributed by atoms with Crippen LogP contribution in [0, 0.1) is 12.8 Å². The zero-order chi connectivity index (χ0) is 22.3. The van der Waals surface area contributed by atoms with Crippen LogP contribution >= 0.6 is 0 Å². The number of anilines is 1. The third kappa shape index (κ3) is 3.52. The van der Waals surface area contributed by atoms with E-state index in [1.807, 2.05) is 30.8 Å². The average Bonchev–Trinajstić information content (AvgIpc) is 3.33. The monoisotopic (exact) mass is 419 g/mol. The second-order valence-corrected chi connectivity index (χ2v) is 7.76. The fourth-order valence-electron chi connectivity index (χ4n) is 4.14. The molecule has 31 heavy (non-hydrogen) atoms. The van der Waals surface area contributed by atoms with E-state index in [1.165, 1.54) is 0 Å². The number of nitrogens with zero attached hydrogens (tertiary/aromatic N) is 2. The Hall–Kier alpha value is -3.74. The topological polar surface area (TPSA) is 72.8 Å². The molecule has 7 heteroatoms. The fourth-order valence-corrected chi connectivity index (χ4v) is 4.14. The molecular formula is C24H25N3O4. The summed E-state index contributed by atoms with van der Waals surface area (Å²) >= 11 is 0. The van der Waals surface area contributed by atoms with Crippen molar-refractivity contribution in [3.05, 3.63) is 78.2 Å². The van der Waals surface area contributed by atoms with E-state index in [9.17, 15) is 9.59 Å². The molecule has 2 amide bonds. The maximum absolute atomic E-state index is 13.6. The van der Waals surface area contributed by atoms with Crippen LogP contribution in [0.2, 0.25) is 0 Å². The summed E-state index contributed by atoms with van der Waals surface area (Å²) in [6.07, 6.45) is 5.22. The van der Waals surface area contributed by atoms with Crippen molar-refractivity contribution in [3.63, 3.8) is 0 Å². The van der Waals surface area contributed by atoms with Crippen LogP contribution in [-0.4, -0.2) is 35.1 Å². The van der Waals surface area contributed by atoms with Gasteiger partial charge in [0.05, 0.1) is 12.0 Å². The summed E-state index contributed by atoms with van der Waals surface area (Å²) in [5.74, 6) is 0.0839. The van der Waals surface area contributed by atoms with Crippen molar-refractivity contribution in [2.24, 2.45) is 13.0 Å². The maximum Gasteiger partial charge on any atom is 0.253 e. The molecule has 0 radical (unpaired) electrons. The molecule has 1 N–H and O–H groups in total. The van der Waals surface area contributed by atoms with Gasteiger partial charge in [-0.2, -0.15) is 0 Å². The predicted octanol–water partition coefficient (Wildman–Crippen LogP) is 3.50. The summed E-state index contributed by atoms with van der Waals surface area (Å²) in [4.78, 5) is 28.1. The van der Waals surface area contributed by atoms with Crippen molar-refractivity contribution in [2.45, 2.75) is 13.0 Å². The first kappa shape index (κ1) is 20.5. The fraction of sp³-hybridized carbons (Fsp3) is 0.250. The molecule has 1 aromatic heterocycles. The van der Waals surface area contributed by atoms with Crippen LogP contribution in [0.1, 0.15) is 17.3 Å². The van der Waals surface area contributed by atoms with E-state index in [2.05, 4.69) is 18.5 Å². The van der Waals surface area contributed by atoms with Gasteiger partial charge in [0.2, 0.25) is 12.7 Å². The van der Waals surface area contributed by atoms with Crippen LogP contribution in [0.4, 0.5) is 5.69 Å². The van der Waals surface area contributed by atoms with E-state index in [0.717, 1.165) is 11.3 Å². The molecular weight excluding hydrogens is 394 g/mol. The highest BCUT2D eigenvalue weighted by molar-refractivity contribution is 6.05. The summed E-state index contributed by atoms with van der Waals surface area (Å²) in [6, 6.07) is 6.75. The Kier molecular flexibility index (Phi) is 5.19. The highest BCUT2D eigenvalue weighted by Gasteiger charge is 2.44. The molecule has 4 rings (SSSR count). The van der Waals surface area contributed by atoms with Crippen molar-refractivity contribution >= 4 is 17.5 Å². The zero-order valence-corrected chi connectivity index (χ0v) is 17.8. The Labute approximate surface area is 181 Å². The standard InChI is InChI=1S/C24H25N3O4/c1-6-7-18-15(3)24(29)27(5)22(16-10-14(2)26(4)12-16)21(18)23(28)25-17-8-9-19-20(11-17)31-13-30-19/h6-12,21-22H,1,3,13H2,2,4-5H3,(H,25,28)/b18-7+. The normalized spacial score (nSPS) is 21.5. The number of fused-ring (bicyclic) bond motifs is 1. The first-order valence-corrected chi connectivity index (χ1v) is 9.94. The molecule has 1 aromatic carbocycles. The Bertz CT molecular complexity index is 1110. The lowest BCUT2D eigenvalue weighted by molar-refractivity contribution is -0.132. The number of rotatable bonds is 4. The van der Waals surface area contributed by atoms with Gasteiger partial charge in [0.25, 0.3) is 5.91 Å². The number of aromatic nitrogens is 1. The van der Waals surface area contributed by atoms with Gasteiger partial charge in [0.15, 0.2) is 11.5 Å². The third-order valence-electron chi connectivity index (χ3n) is 5.83. The molecule has 0 spiro atoms. The molecule has 160 valence electrons. The molecule has 0 bridgehead atoms. The molecule has 0 saturated carbocycles. The van der Waals surface area contributed by atoms with Crippen molar-refractivity contribution < 1.29 is 19.1 Å². The predicted molar refractivity (Wildman–Crippen MR) is 118 cm³/mol. The average molecular weight is 419 g/mol. The summed E-state index contributed by atoms with van der Waals surface area (Å²) < 4.78 is 12.7. The van der Waals surface area contributed by atoms with Crippen LogP contribution in [0.5, 0.6) is 11.5 Å². The Morgan fingerprint density at radius 1 is 1.23 bits per heavy atom. The number of carbonyl (C=O) groups is 2. The number of hydrogen-bond acceptors (Lipinski definition) is 4. The minimum atomic E-state index is -0.666. The first-order valence-electron chi connectivity index (χ1n) is 9.94. The number of carbonyl (C=O) groups excluding carboxylic acids is 2. The first-order chi connectivity index (χ1) is 14.8. The van der Waals surface area contributed by atoms with Crippen molar-refractivity contribution in [1.29, 1.82) is 0 Å². The molecule has 2 unspecified atom stereocenters. The molecule has 3 heterocycles. The molecule has 2 aromatic rings. The van der Waals surface area contributed by atoms with Gasteiger partial charge >= 0.3 is 0 Å². The van der Waals surface area contributed by atoms with Crippen LogP contribution in [-0.2, 0) is 16.6 Å². The molecule has 1 fully saturated rings. The van der Waals surface area contributed by atoms with Gasteiger partial charge in [-0.25, -0.2) is 0 Å². The lowest BCUT2D eigenvalue weighted by Gasteiger charge is -2.40. The number of amides is 2. The van der Waals surface area contributed by atoms with E-state index >= 15 is 0 Å². The Morgan fingerprint density at radius 3 is 2.65 bits per heavy atom. The number of aryl methyl sites for hydroxylation is 2. The van der Waals surface area contributed by atoms with Gasteiger partial charge in [0.1, 0.15) is 0 Å². The van der Waals surface area contributed by atoms with Crippen LogP contribution in [0.25, 0.3) is 0 Å². The number of hydrogen-bond donors (Lipinski definition) is 1. The molecule has 2 aliphatic heterocycles. The molecule has 2 aliphatic rings. The summed E-state index contributed by atoms with van der Waals surface area (Å²) in [7, 11) is 3.64. The van der Waals surface area contributed by atoms with E-state index < -0.39 is 12.0 Å². The summed E-state index contributed by atoms with van der Waals surface area (Å²) in [5.41, 5.74) is 3.34. The second-order valence-electron chi connectivity index (χ2n) is 7.76. The summed E-state index contributed by atoms with van der Waals surface area (Å²) in [5, 5.41) is 2.97. The molecule has 1 saturated heterocycles. The Balaban J connectivity index is 1.75. The van der Waals surface area contributed by atoms with Crippen LogP contribution in [0.3, 0.4) is 0 Å². The SMILES string of the molecule is C=C/C=C1\C(=C)C(=O)N(C)C(c2cc(C)n(C)c2)C1C(=O)Nc1ccc2c(c1)OCO2. The third-order valence-corrected chi connectivity index (χ3v) is 5.83. The number of allylic oxidation sites excluding steroid dienone is 2. The highest BCUT2D eigenvalue weighted by Crippen LogP contribution is 2.42. The summed E-state index contributed by atoms with van der Waals surface area (Å²) in [6.45, 7) is 9.85. The maximum atomic E-state index is 13.6. The van der Waals surface area contributed by atoms with Gasteiger partial charge in [-0.1, -0.05) is 25.3 Å². The molecule has 2 atom stereocenters. The minimum absolute atomic E-state index is 0.156. The van der Waals surface area contributed by atoms with Crippen LogP contribution in [0.15, 0.2) is 66.9 Å². The number of nitrogens with one attached hydrogen (secondary N) is 1. The second kappa shape index (κ2) is 7.83. The van der Waals surface area contributed by atoms with E-state index in [4.69, 9.17) is 9.47 Å². The molecule has 7 nitrogen and oxygen atoms in total. The smallest absolute Gasteiger partial charge is 0.253 e. The van der Waals surface area contributed by atoms with Gasteiger partial charge in [-0.05, 0) is 36.3 Å². The van der Waals surface area contributed by atoms with Gasteiger partial charge < -0.3 is 24.3 Å². The molecule has 0 aliphatic carbocycles. The minimum Gasteiger partial charge on any atom is -0.454 e. The van der Waals surface area contributed by atoms with E-state index in [0.29, 0.717) is 22.8 Å². The largest absolute Gasteiger partial charge is 0.454 e. The number of piperidine rings is 1. The van der Waals surface area contributed by atoms with Gasteiger partial charge in [0, 0.05) is 43.3 Å². The lowest BCUT2D eigenvalue weighted by Crippen LogP contribution is -2.46. The number of ether oxygens (including phenoxy) is 2. The van der Waals surface area contributed by atoms with Gasteiger partial charge in [-0.15, -0.1) is 0 Å². The zero-order valence-electron chi connectivity index (χ0n) is 17.8. The van der Waals surface area contributed by atoms with Crippen molar-refractivity contribution in [1.82, 2.24) is 9.47 Å². The van der Waals surface area contributed by atoms with Crippen molar-refractivity contribution in [3.8, 4) is 11.5 Å². The number of benzene rings is 1. The number of likely N-dealkylation sites (tertiary alicyclic amines) is 1.